The van der Waals surface area contributed by atoms with Crippen LogP contribution in [0, 0.1) is 6.92 Å². The molecule has 1 heterocycles. The number of carbonyl (C=O) groups is 2. The monoisotopic (exact) mass is 388 g/mol. The van der Waals surface area contributed by atoms with E-state index in [0.717, 1.165) is 11.1 Å². The molecule has 3 aromatic carbocycles. The van der Waals surface area contributed by atoms with Gasteiger partial charge in [-0.1, -0.05) is 60.2 Å². The third-order valence-electron chi connectivity index (χ3n) is 5.26. The normalized spacial score (nSPS) is 14.7. The lowest BCUT2D eigenvalue weighted by atomic mass is 9.96. The van der Waals surface area contributed by atoms with E-state index in [0.29, 0.717) is 18.5 Å². The molecule has 4 rings (SSSR count). The van der Waals surface area contributed by atoms with Crippen molar-refractivity contribution in [1.29, 1.82) is 0 Å². The molecular weight excluding hydrogens is 368 g/mol. The van der Waals surface area contributed by atoms with Gasteiger partial charge in [-0.3, -0.25) is 24.1 Å². The summed E-state index contributed by atoms with van der Waals surface area (Å²) in [5.41, 5.74) is 1.94. The van der Waals surface area contributed by atoms with Gasteiger partial charge in [-0.05, 0) is 24.5 Å². The Labute approximate surface area is 167 Å². The average molecular weight is 388 g/mol. The minimum absolute atomic E-state index is 0.0930. The number of piperazine rings is 1. The Morgan fingerprint density at radius 3 is 2.03 bits per heavy atom. The lowest BCUT2D eigenvalue weighted by Gasteiger charge is -2.35. The molecule has 2 amide bonds. The molecule has 0 radical (unpaired) electrons. The van der Waals surface area contributed by atoms with E-state index in [-0.39, 0.29) is 36.2 Å². The number of aryl methyl sites for hydroxylation is 1. The van der Waals surface area contributed by atoms with Gasteiger partial charge in [0.15, 0.2) is 0 Å². The highest BCUT2D eigenvalue weighted by atomic mass is 16.2. The van der Waals surface area contributed by atoms with E-state index in [9.17, 15) is 19.2 Å². The van der Waals surface area contributed by atoms with Crippen LogP contribution in [-0.4, -0.2) is 36.3 Å². The molecular formula is C23H20N2O4. The Kier molecular flexibility index (Phi) is 4.84. The minimum Gasteiger partial charge on any atom is -0.349 e. The zero-order chi connectivity index (χ0) is 20.5. The molecule has 0 saturated carbocycles. The first-order valence-electron chi connectivity index (χ1n) is 9.48. The Morgan fingerprint density at radius 1 is 0.793 bits per heavy atom. The van der Waals surface area contributed by atoms with Crippen LogP contribution in [0.5, 0.6) is 0 Å². The van der Waals surface area contributed by atoms with Crippen molar-refractivity contribution in [2.75, 3.05) is 24.5 Å². The molecule has 1 saturated heterocycles. The highest BCUT2D eigenvalue weighted by Crippen LogP contribution is 2.28. The van der Waals surface area contributed by atoms with Crippen LogP contribution in [0.1, 0.15) is 11.1 Å². The van der Waals surface area contributed by atoms with Crippen molar-refractivity contribution in [1.82, 2.24) is 4.90 Å². The van der Waals surface area contributed by atoms with Gasteiger partial charge in [-0.2, -0.15) is 0 Å². The van der Waals surface area contributed by atoms with Gasteiger partial charge < -0.3 is 4.90 Å². The van der Waals surface area contributed by atoms with E-state index in [1.165, 1.54) is 9.80 Å². The molecule has 0 atom stereocenters. The molecule has 0 bridgehead atoms. The molecule has 3 aromatic rings. The van der Waals surface area contributed by atoms with Crippen LogP contribution in [0.2, 0.25) is 0 Å². The van der Waals surface area contributed by atoms with Crippen molar-refractivity contribution in [3.63, 3.8) is 0 Å². The number of hydrogen-bond acceptors (Lipinski definition) is 5. The van der Waals surface area contributed by atoms with Crippen molar-refractivity contribution >= 4 is 17.5 Å². The standard InChI is InChI=1S/C23H20N2O4/c1-15-7-9-17(10-8-15)20-21(23(29)22(20)28)24-13-18(26)25(19(27)14-24)12-11-16-5-3-2-4-6-16/h2-10H,11-14H2,1H3. The fraction of sp³-hybridized carbons (Fsp3) is 0.217. The zero-order valence-electron chi connectivity index (χ0n) is 16.1. The van der Waals surface area contributed by atoms with Crippen LogP contribution in [0.25, 0.3) is 11.1 Å². The molecule has 0 spiro atoms. The highest BCUT2D eigenvalue weighted by Gasteiger charge is 2.36. The topological polar surface area (TPSA) is 74.8 Å². The van der Waals surface area contributed by atoms with E-state index in [1.807, 2.05) is 49.4 Å². The first kappa shape index (κ1) is 18.8. The Balaban J connectivity index is 1.53. The summed E-state index contributed by atoms with van der Waals surface area (Å²) in [4.78, 5) is 52.3. The lowest BCUT2D eigenvalue weighted by molar-refractivity contribution is -0.145. The number of nitrogens with zero attached hydrogens (tertiary/aromatic N) is 2. The number of rotatable bonds is 5. The number of benzene rings is 2. The van der Waals surface area contributed by atoms with Crippen molar-refractivity contribution in [2.45, 2.75) is 13.3 Å². The van der Waals surface area contributed by atoms with E-state index in [4.69, 9.17) is 0 Å². The van der Waals surface area contributed by atoms with E-state index in [1.54, 1.807) is 12.1 Å². The fourth-order valence-electron chi connectivity index (χ4n) is 3.65. The van der Waals surface area contributed by atoms with Crippen molar-refractivity contribution < 1.29 is 9.59 Å². The smallest absolute Gasteiger partial charge is 0.250 e. The number of carbonyl (C=O) groups excluding carboxylic acids is 2. The van der Waals surface area contributed by atoms with Gasteiger partial charge in [0.05, 0.1) is 18.7 Å². The average Bonchev–Trinajstić information content (AvgIpc) is 2.72. The SMILES string of the molecule is Cc1ccc(-c2c(N3CC(=O)N(CCc4ccccc4)C(=O)C3)c(=O)c2=O)cc1. The van der Waals surface area contributed by atoms with Gasteiger partial charge in [-0.25, -0.2) is 0 Å². The van der Waals surface area contributed by atoms with Crippen molar-refractivity contribution in [2.24, 2.45) is 0 Å². The van der Waals surface area contributed by atoms with Crippen LogP contribution in [-0.2, 0) is 16.0 Å². The largest absolute Gasteiger partial charge is 0.349 e. The quantitative estimate of drug-likeness (QED) is 0.491. The molecule has 1 fully saturated rings. The molecule has 6 heteroatoms. The first-order valence-corrected chi connectivity index (χ1v) is 9.48. The van der Waals surface area contributed by atoms with Gasteiger partial charge in [0.1, 0.15) is 5.69 Å². The Bertz CT molecular complexity index is 1120. The zero-order valence-corrected chi connectivity index (χ0v) is 16.1. The number of amides is 2. The number of anilines is 1. The van der Waals surface area contributed by atoms with Gasteiger partial charge in [0, 0.05) is 6.54 Å². The summed E-state index contributed by atoms with van der Waals surface area (Å²) in [6, 6.07) is 16.9. The number of hydrogen-bond donors (Lipinski definition) is 0. The van der Waals surface area contributed by atoms with Gasteiger partial charge in [-0.15, -0.1) is 0 Å². The van der Waals surface area contributed by atoms with E-state index < -0.39 is 10.9 Å². The van der Waals surface area contributed by atoms with Crippen LogP contribution >= 0.6 is 0 Å². The van der Waals surface area contributed by atoms with E-state index >= 15 is 0 Å². The highest BCUT2D eigenvalue weighted by molar-refractivity contribution is 6.04. The molecule has 146 valence electrons. The minimum atomic E-state index is -0.640. The maximum atomic E-state index is 12.6. The summed E-state index contributed by atoms with van der Waals surface area (Å²) in [5, 5.41) is 0. The van der Waals surface area contributed by atoms with Crippen LogP contribution in [0.3, 0.4) is 0 Å². The molecule has 0 aromatic heterocycles. The lowest BCUT2D eigenvalue weighted by Crippen LogP contribution is -2.57. The van der Waals surface area contributed by atoms with Crippen molar-refractivity contribution in [3.8, 4) is 11.1 Å². The summed E-state index contributed by atoms with van der Waals surface area (Å²) in [5.74, 6) is -0.722. The molecule has 0 aliphatic carbocycles. The summed E-state index contributed by atoms with van der Waals surface area (Å²) in [6.45, 7) is 2.04. The number of imide groups is 1. The second kappa shape index (κ2) is 7.47. The van der Waals surface area contributed by atoms with Gasteiger partial charge in [0.25, 0.3) is 0 Å². The van der Waals surface area contributed by atoms with Gasteiger partial charge in [0.2, 0.25) is 22.7 Å². The molecule has 29 heavy (non-hydrogen) atoms. The Morgan fingerprint density at radius 2 is 1.41 bits per heavy atom. The molecule has 1 aliphatic rings. The predicted octanol–water partition coefficient (Wildman–Crippen LogP) is 1.68. The summed E-state index contributed by atoms with van der Waals surface area (Å²) >= 11 is 0. The third-order valence-corrected chi connectivity index (χ3v) is 5.26. The summed E-state index contributed by atoms with van der Waals surface area (Å²) in [6.07, 6.45) is 0.576. The van der Waals surface area contributed by atoms with Crippen LogP contribution < -0.4 is 15.8 Å². The maximum Gasteiger partial charge on any atom is 0.250 e. The molecule has 0 N–H and O–H groups in total. The molecule has 1 aliphatic heterocycles. The fourth-order valence-corrected chi connectivity index (χ4v) is 3.65. The summed E-state index contributed by atoms with van der Waals surface area (Å²) < 4.78 is 0. The van der Waals surface area contributed by atoms with Crippen molar-refractivity contribution in [3.05, 3.63) is 86.2 Å². The third kappa shape index (κ3) is 3.49. The molecule has 6 nitrogen and oxygen atoms in total. The van der Waals surface area contributed by atoms with Gasteiger partial charge >= 0.3 is 0 Å². The van der Waals surface area contributed by atoms with Crippen LogP contribution in [0.15, 0.2) is 64.2 Å². The van der Waals surface area contributed by atoms with E-state index in [2.05, 4.69) is 0 Å². The summed E-state index contributed by atoms with van der Waals surface area (Å²) in [7, 11) is 0. The second-order valence-corrected chi connectivity index (χ2v) is 7.28. The molecule has 0 unspecified atom stereocenters. The Hall–Kier alpha value is -3.54. The predicted molar refractivity (Wildman–Crippen MR) is 111 cm³/mol. The maximum absolute atomic E-state index is 12.6. The second-order valence-electron chi connectivity index (χ2n) is 7.28. The van der Waals surface area contributed by atoms with Crippen LogP contribution in [0.4, 0.5) is 5.69 Å². The first-order chi connectivity index (χ1) is 14.0.